The molecule has 294 valence electrons. The van der Waals surface area contributed by atoms with Gasteiger partial charge in [0.25, 0.3) is 5.91 Å². The lowest BCUT2D eigenvalue weighted by atomic mass is 9.84. The summed E-state index contributed by atoms with van der Waals surface area (Å²) < 4.78 is 1.15. The Labute approximate surface area is 365 Å². The molecule has 7 heteroatoms. The number of aliphatic hydroxyl groups is 1. The maximum absolute atomic E-state index is 12.7. The zero-order chi connectivity index (χ0) is 40.7. The normalized spacial score (nSPS) is 13.0. The quantitative estimate of drug-likeness (QED) is 0.165. The Morgan fingerprint density at radius 3 is 1.41 bits per heavy atom. The number of carbonyl (C=O) groups excluding carboxylic acids is 1. The van der Waals surface area contributed by atoms with Gasteiger partial charge in [0.2, 0.25) is 0 Å². The molecule has 0 atom stereocenters. The number of carbonyl (C=O) groups is 1. The van der Waals surface area contributed by atoms with E-state index < -0.39 is 5.60 Å². The van der Waals surface area contributed by atoms with Gasteiger partial charge in [0, 0.05) is 52.5 Å². The molecule has 58 heavy (non-hydrogen) atoms. The molecule has 8 rings (SSSR count). The topological polar surface area (TPSA) is 40.5 Å². The van der Waals surface area contributed by atoms with Gasteiger partial charge in [-0.2, -0.15) is 0 Å². The van der Waals surface area contributed by atoms with Crippen LogP contribution in [0.15, 0.2) is 216 Å². The van der Waals surface area contributed by atoms with E-state index in [0.29, 0.717) is 31.5 Å². The summed E-state index contributed by atoms with van der Waals surface area (Å²) in [6, 6.07) is 61.8. The lowest BCUT2D eigenvalue weighted by Crippen LogP contribution is -2.45. The number of likely N-dealkylation sites (tertiary alicyclic amines) is 1. The van der Waals surface area contributed by atoms with Crippen molar-refractivity contribution in [3.8, 4) is 0 Å². The fraction of sp³-hybridized carbons (Fsp3) is 0.157. The van der Waals surface area contributed by atoms with Crippen LogP contribution in [0.3, 0.4) is 0 Å². The average molecular weight is 883 g/mol. The Morgan fingerprint density at radius 2 is 0.897 bits per heavy atom. The van der Waals surface area contributed by atoms with Crippen LogP contribution < -0.4 is 0 Å². The van der Waals surface area contributed by atoms with Crippen molar-refractivity contribution in [1.29, 1.82) is 0 Å². The minimum Gasteiger partial charge on any atom is -0.385 e. The minimum absolute atomic E-state index is 0.0370. The van der Waals surface area contributed by atoms with Crippen LogP contribution in [0.1, 0.15) is 45.5 Å². The summed E-state index contributed by atoms with van der Waals surface area (Å²) in [7, 11) is 0. The standard InChI is InChI=1S/C25H25NO2S.C13H11BrS.C13H12S/c1-19-11-13-21(14-12-19)29-23-10-6-5-9-22(23)25(28)15-17-26(18-16-25)24(27)20-7-3-2-4-8-20;1-10-6-8-11(9-7-10)15-13-5-3-2-4-12(13)14;1-11-7-9-13(10-8-11)14-12-5-3-2-4-6-12/h2-14,28H,15-18H2,1H3;2-9H,1H3;2-10H,1H3. The maximum atomic E-state index is 12.7. The molecule has 0 spiro atoms. The highest BCUT2D eigenvalue weighted by Crippen LogP contribution is 2.41. The summed E-state index contributed by atoms with van der Waals surface area (Å²) in [6.45, 7) is 7.39. The Morgan fingerprint density at radius 1 is 0.500 bits per heavy atom. The highest BCUT2D eigenvalue weighted by atomic mass is 79.9. The fourth-order valence-corrected chi connectivity index (χ4v) is 9.52. The van der Waals surface area contributed by atoms with Crippen molar-refractivity contribution in [1.82, 2.24) is 4.90 Å². The number of rotatable bonds is 8. The molecule has 1 saturated heterocycles. The predicted octanol–water partition coefficient (Wildman–Crippen LogP) is 14.3. The van der Waals surface area contributed by atoms with Gasteiger partial charge in [-0.1, -0.05) is 155 Å². The fourth-order valence-electron chi connectivity index (χ4n) is 6.28. The van der Waals surface area contributed by atoms with Gasteiger partial charge in [-0.3, -0.25) is 4.79 Å². The Hall–Kier alpha value is -4.50. The van der Waals surface area contributed by atoms with E-state index >= 15 is 0 Å². The summed E-state index contributed by atoms with van der Waals surface area (Å²) in [5.41, 5.74) is 4.58. The zero-order valence-electron chi connectivity index (χ0n) is 33.1. The number of piperidine rings is 1. The largest absolute Gasteiger partial charge is 0.385 e. The molecule has 0 bridgehead atoms. The Bertz CT molecular complexity index is 2330. The number of hydrogen-bond donors (Lipinski definition) is 1. The molecular weight excluding hydrogens is 835 g/mol. The van der Waals surface area contributed by atoms with E-state index in [9.17, 15) is 9.90 Å². The Balaban J connectivity index is 0.000000163. The monoisotopic (exact) mass is 881 g/mol. The van der Waals surface area contributed by atoms with E-state index in [0.717, 1.165) is 19.8 Å². The number of amides is 1. The van der Waals surface area contributed by atoms with Gasteiger partial charge in [0.15, 0.2) is 0 Å². The second-order valence-electron chi connectivity index (χ2n) is 14.2. The molecule has 0 aliphatic carbocycles. The highest BCUT2D eigenvalue weighted by molar-refractivity contribution is 9.10. The van der Waals surface area contributed by atoms with Gasteiger partial charge in [0.1, 0.15) is 0 Å². The number of aryl methyl sites for hydroxylation is 3. The molecule has 1 aliphatic rings. The molecule has 0 unspecified atom stereocenters. The van der Waals surface area contributed by atoms with Crippen LogP contribution in [-0.2, 0) is 5.60 Å². The number of benzene rings is 7. The number of nitrogens with zero attached hydrogens (tertiary/aromatic N) is 1. The molecule has 0 aromatic heterocycles. The molecule has 1 fully saturated rings. The van der Waals surface area contributed by atoms with Crippen LogP contribution in [0.25, 0.3) is 0 Å². The Kier molecular flexibility index (Phi) is 16.0. The number of halogens is 1. The van der Waals surface area contributed by atoms with Gasteiger partial charge < -0.3 is 10.0 Å². The minimum atomic E-state index is -0.915. The van der Waals surface area contributed by atoms with Crippen molar-refractivity contribution in [3.63, 3.8) is 0 Å². The zero-order valence-corrected chi connectivity index (χ0v) is 37.1. The van der Waals surface area contributed by atoms with E-state index in [4.69, 9.17) is 0 Å². The summed E-state index contributed by atoms with van der Waals surface area (Å²) in [5.74, 6) is 0.0370. The lowest BCUT2D eigenvalue weighted by Gasteiger charge is -2.39. The van der Waals surface area contributed by atoms with E-state index in [1.165, 1.54) is 36.3 Å². The second kappa shape index (κ2) is 21.5. The van der Waals surface area contributed by atoms with Crippen molar-refractivity contribution >= 4 is 57.1 Å². The van der Waals surface area contributed by atoms with Gasteiger partial charge in [-0.25, -0.2) is 0 Å². The first-order chi connectivity index (χ1) is 28.1. The van der Waals surface area contributed by atoms with Crippen LogP contribution >= 0.6 is 51.2 Å². The molecule has 0 radical (unpaired) electrons. The summed E-state index contributed by atoms with van der Waals surface area (Å²) in [5, 5.41) is 11.5. The van der Waals surface area contributed by atoms with Crippen molar-refractivity contribution < 1.29 is 9.90 Å². The van der Waals surface area contributed by atoms with Crippen molar-refractivity contribution in [2.75, 3.05) is 13.1 Å². The van der Waals surface area contributed by atoms with E-state index in [1.807, 2.05) is 65.6 Å². The van der Waals surface area contributed by atoms with Crippen molar-refractivity contribution in [2.45, 2.75) is 68.6 Å². The third-order valence-electron chi connectivity index (χ3n) is 9.62. The number of hydrogen-bond acceptors (Lipinski definition) is 5. The first kappa shape index (κ1) is 43.1. The highest BCUT2D eigenvalue weighted by Gasteiger charge is 2.37. The SMILES string of the molecule is Cc1ccc(Sc2ccccc2)cc1.Cc1ccc(Sc2ccccc2Br)cc1.Cc1ccc(Sc2ccccc2C2(O)CCN(C(=O)c3ccccc3)CC2)cc1. The average Bonchev–Trinajstić information content (AvgIpc) is 3.25. The van der Waals surface area contributed by atoms with Crippen LogP contribution in [0, 0.1) is 20.8 Å². The molecule has 1 amide bonds. The molecule has 1 N–H and O–H groups in total. The van der Waals surface area contributed by atoms with Gasteiger partial charge in [-0.15, -0.1) is 0 Å². The predicted molar refractivity (Wildman–Crippen MR) is 248 cm³/mol. The molecule has 1 aliphatic heterocycles. The van der Waals surface area contributed by atoms with Crippen molar-refractivity contribution in [3.05, 3.63) is 214 Å². The van der Waals surface area contributed by atoms with Gasteiger partial charge >= 0.3 is 0 Å². The van der Waals surface area contributed by atoms with Gasteiger partial charge in [-0.05, 0) is 134 Å². The molecular formula is C51H48BrNO2S3. The third kappa shape index (κ3) is 12.7. The van der Waals surface area contributed by atoms with E-state index in [2.05, 4.69) is 158 Å². The summed E-state index contributed by atoms with van der Waals surface area (Å²) in [4.78, 5) is 21.9. The van der Waals surface area contributed by atoms with Crippen LogP contribution in [0.2, 0.25) is 0 Å². The smallest absolute Gasteiger partial charge is 0.253 e. The van der Waals surface area contributed by atoms with Crippen molar-refractivity contribution in [2.24, 2.45) is 0 Å². The first-order valence-corrected chi connectivity index (χ1v) is 22.6. The van der Waals surface area contributed by atoms with E-state index in [-0.39, 0.29) is 5.91 Å². The summed E-state index contributed by atoms with van der Waals surface area (Å²) in [6.07, 6.45) is 1.08. The molecule has 7 aromatic carbocycles. The van der Waals surface area contributed by atoms with Crippen LogP contribution in [0.5, 0.6) is 0 Å². The lowest BCUT2D eigenvalue weighted by molar-refractivity contribution is -0.0231. The second-order valence-corrected chi connectivity index (χ2v) is 18.4. The van der Waals surface area contributed by atoms with Crippen LogP contribution in [-0.4, -0.2) is 29.0 Å². The maximum Gasteiger partial charge on any atom is 0.253 e. The van der Waals surface area contributed by atoms with E-state index in [1.54, 1.807) is 35.3 Å². The molecule has 7 aromatic rings. The molecule has 1 heterocycles. The summed E-state index contributed by atoms with van der Waals surface area (Å²) >= 11 is 8.80. The third-order valence-corrected chi connectivity index (χ3v) is 13.8. The first-order valence-electron chi connectivity index (χ1n) is 19.3. The van der Waals surface area contributed by atoms with Crippen LogP contribution in [0.4, 0.5) is 0 Å². The van der Waals surface area contributed by atoms with Gasteiger partial charge in [0.05, 0.1) is 5.60 Å². The molecule has 0 saturated carbocycles. The molecule has 3 nitrogen and oxygen atoms in total.